The zero-order valence-electron chi connectivity index (χ0n) is 12.7. The van der Waals surface area contributed by atoms with Crippen LogP contribution < -0.4 is 5.32 Å². The smallest absolute Gasteiger partial charge is 0.372 e. The molecule has 3 nitrogen and oxygen atoms in total. The number of hydrogen-bond donors (Lipinski definition) is 1. The van der Waals surface area contributed by atoms with E-state index in [4.69, 9.17) is 4.74 Å². The summed E-state index contributed by atoms with van der Waals surface area (Å²) in [5.41, 5.74) is 0. The summed E-state index contributed by atoms with van der Waals surface area (Å²) in [4.78, 5) is 1.71. The highest BCUT2D eigenvalue weighted by Crippen LogP contribution is 2.22. The summed E-state index contributed by atoms with van der Waals surface area (Å²) in [5.74, 6) is 0.612. The van der Waals surface area contributed by atoms with Crippen molar-refractivity contribution in [2.75, 3.05) is 33.2 Å². The fourth-order valence-electron chi connectivity index (χ4n) is 2.35. The minimum absolute atomic E-state index is 0.0413. The molecular weight excluding hydrogens is 269 g/mol. The van der Waals surface area contributed by atoms with Crippen LogP contribution in [-0.4, -0.2) is 56.5 Å². The molecule has 0 aromatic carbocycles. The van der Waals surface area contributed by atoms with E-state index in [2.05, 4.69) is 19.2 Å². The van der Waals surface area contributed by atoms with E-state index in [1.807, 2.05) is 0 Å². The van der Waals surface area contributed by atoms with Crippen molar-refractivity contribution in [3.05, 3.63) is 0 Å². The predicted molar refractivity (Wildman–Crippen MR) is 73.8 cm³/mol. The molecule has 1 rings (SSSR count). The van der Waals surface area contributed by atoms with Gasteiger partial charge in [-0.3, -0.25) is 0 Å². The summed E-state index contributed by atoms with van der Waals surface area (Å²) in [5, 5.41) is 3.36. The van der Waals surface area contributed by atoms with Crippen molar-refractivity contribution in [2.45, 2.75) is 51.5 Å². The number of halogens is 3. The van der Waals surface area contributed by atoms with Gasteiger partial charge in [0.25, 0.3) is 0 Å². The Hall–Kier alpha value is -0.330. The van der Waals surface area contributed by atoms with Gasteiger partial charge in [-0.1, -0.05) is 13.8 Å². The van der Waals surface area contributed by atoms with Crippen LogP contribution in [0, 0.1) is 5.92 Å². The molecule has 6 heteroatoms. The highest BCUT2D eigenvalue weighted by atomic mass is 19.4. The summed E-state index contributed by atoms with van der Waals surface area (Å²) < 4.78 is 42.3. The van der Waals surface area contributed by atoms with Crippen LogP contribution >= 0.6 is 0 Å². The summed E-state index contributed by atoms with van der Waals surface area (Å²) in [6.07, 6.45) is -2.63. The standard InChI is InChI=1S/C14H27F3N2O/c1-11(2)8-18-9-12-4-5-13(20-12)10-19(3)7-6-14(15,16)17/h11-13,18H,4-10H2,1-3H3. The van der Waals surface area contributed by atoms with E-state index >= 15 is 0 Å². The Kier molecular flexibility index (Phi) is 7.26. The second-order valence-electron chi connectivity index (χ2n) is 6.14. The van der Waals surface area contributed by atoms with Crippen molar-refractivity contribution in [1.29, 1.82) is 0 Å². The lowest BCUT2D eigenvalue weighted by Gasteiger charge is -2.22. The third kappa shape index (κ3) is 8.07. The number of hydrogen-bond acceptors (Lipinski definition) is 3. The molecule has 0 aromatic heterocycles. The van der Waals surface area contributed by atoms with Gasteiger partial charge in [-0.15, -0.1) is 0 Å². The van der Waals surface area contributed by atoms with E-state index < -0.39 is 12.6 Å². The molecule has 1 aliphatic rings. The van der Waals surface area contributed by atoms with Crippen LogP contribution in [0.25, 0.3) is 0 Å². The Morgan fingerprint density at radius 3 is 2.50 bits per heavy atom. The average Bonchev–Trinajstić information content (AvgIpc) is 2.73. The fraction of sp³-hybridized carbons (Fsp3) is 1.00. The van der Waals surface area contributed by atoms with Crippen LogP contribution in [0.2, 0.25) is 0 Å². The zero-order chi connectivity index (χ0) is 15.2. The molecule has 0 aromatic rings. The third-order valence-corrected chi connectivity index (χ3v) is 3.41. The maximum Gasteiger partial charge on any atom is 0.390 e. The molecule has 1 heterocycles. The van der Waals surface area contributed by atoms with E-state index in [-0.39, 0.29) is 18.8 Å². The quantitative estimate of drug-likeness (QED) is 0.745. The molecule has 120 valence electrons. The summed E-state index contributed by atoms with van der Waals surface area (Å²) >= 11 is 0. The lowest BCUT2D eigenvalue weighted by Crippen LogP contribution is -2.34. The van der Waals surface area contributed by atoms with Crippen molar-refractivity contribution in [3.8, 4) is 0 Å². The SMILES string of the molecule is CC(C)CNCC1CCC(CN(C)CCC(F)(F)F)O1. The van der Waals surface area contributed by atoms with Crippen LogP contribution in [0.4, 0.5) is 13.2 Å². The van der Waals surface area contributed by atoms with Crippen molar-refractivity contribution in [2.24, 2.45) is 5.92 Å². The molecule has 1 aliphatic heterocycles. The lowest BCUT2D eigenvalue weighted by molar-refractivity contribution is -0.138. The highest BCUT2D eigenvalue weighted by Gasteiger charge is 2.29. The average molecular weight is 296 g/mol. The molecule has 0 aliphatic carbocycles. The topological polar surface area (TPSA) is 24.5 Å². The molecule has 1 saturated heterocycles. The van der Waals surface area contributed by atoms with Gasteiger partial charge in [0.05, 0.1) is 18.6 Å². The summed E-state index contributed by atoms with van der Waals surface area (Å²) in [6.45, 7) is 6.73. The van der Waals surface area contributed by atoms with Crippen LogP contribution in [0.3, 0.4) is 0 Å². The normalized spacial score (nSPS) is 24.0. The van der Waals surface area contributed by atoms with Crippen molar-refractivity contribution in [3.63, 3.8) is 0 Å². The first kappa shape index (κ1) is 17.7. The van der Waals surface area contributed by atoms with Crippen LogP contribution in [0.5, 0.6) is 0 Å². The number of rotatable bonds is 8. The monoisotopic (exact) mass is 296 g/mol. The Morgan fingerprint density at radius 2 is 1.90 bits per heavy atom. The zero-order valence-corrected chi connectivity index (χ0v) is 12.7. The minimum atomic E-state index is -4.08. The van der Waals surface area contributed by atoms with Gasteiger partial charge in [0.1, 0.15) is 0 Å². The van der Waals surface area contributed by atoms with Gasteiger partial charge < -0.3 is 15.0 Å². The van der Waals surface area contributed by atoms with E-state index in [1.54, 1.807) is 11.9 Å². The molecule has 2 unspecified atom stereocenters. The summed E-state index contributed by atoms with van der Waals surface area (Å²) in [7, 11) is 1.72. The first-order valence-electron chi connectivity index (χ1n) is 7.37. The highest BCUT2D eigenvalue weighted by molar-refractivity contribution is 4.77. The molecule has 0 amide bonds. The Balaban J connectivity index is 2.14. The van der Waals surface area contributed by atoms with E-state index in [0.717, 1.165) is 25.9 Å². The number of ether oxygens (including phenoxy) is 1. The molecule has 1 fully saturated rings. The molecule has 1 N–H and O–H groups in total. The lowest BCUT2D eigenvalue weighted by atomic mass is 10.1. The second kappa shape index (κ2) is 8.20. The van der Waals surface area contributed by atoms with Crippen LogP contribution in [0.15, 0.2) is 0 Å². The Labute approximate surface area is 119 Å². The van der Waals surface area contributed by atoms with Gasteiger partial charge >= 0.3 is 6.18 Å². The molecule has 0 saturated carbocycles. The van der Waals surface area contributed by atoms with Gasteiger partial charge in [-0.2, -0.15) is 13.2 Å². The molecule has 0 bridgehead atoms. The van der Waals surface area contributed by atoms with E-state index in [9.17, 15) is 13.2 Å². The predicted octanol–water partition coefficient (Wildman–Crippen LogP) is 2.66. The van der Waals surface area contributed by atoms with Gasteiger partial charge in [0.15, 0.2) is 0 Å². The molecule has 0 spiro atoms. The molecule has 0 radical (unpaired) electrons. The van der Waals surface area contributed by atoms with Crippen molar-refractivity contribution >= 4 is 0 Å². The molecule has 2 atom stereocenters. The number of likely N-dealkylation sites (N-methyl/N-ethyl adjacent to an activating group) is 1. The number of alkyl halides is 3. The Morgan fingerprint density at radius 1 is 1.25 bits per heavy atom. The summed E-state index contributed by atoms with van der Waals surface area (Å²) in [6, 6.07) is 0. The number of nitrogens with one attached hydrogen (secondary N) is 1. The van der Waals surface area contributed by atoms with Gasteiger partial charge in [-0.25, -0.2) is 0 Å². The third-order valence-electron chi connectivity index (χ3n) is 3.41. The first-order valence-corrected chi connectivity index (χ1v) is 7.37. The molecule has 20 heavy (non-hydrogen) atoms. The largest absolute Gasteiger partial charge is 0.390 e. The van der Waals surface area contributed by atoms with Crippen molar-refractivity contribution in [1.82, 2.24) is 10.2 Å². The number of nitrogens with zero attached hydrogens (tertiary/aromatic N) is 1. The maximum absolute atomic E-state index is 12.1. The van der Waals surface area contributed by atoms with Crippen molar-refractivity contribution < 1.29 is 17.9 Å². The van der Waals surface area contributed by atoms with Gasteiger partial charge in [0.2, 0.25) is 0 Å². The maximum atomic E-state index is 12.1. The fourth-order valence-corrected chi connectivity index (χ4v) is 2.35. The minimum Gasteiger partial charge on any atom is -0.372 e. The Bertz CT molecular complexity index is 272. The van der Waals surface area contributed by atoms with Crippen LogP contribution in [-0.2, 0) is 4.74 Å². The van der Waals surface area contributed by atoms with Gasteiger partial charge in [-0.05, 0) is 32.4 Å². The first-order chi connectivity index (χ1) is 9.26. The van der Waals surface area contributed by atoms with E-state index in [0.29, 0.717) is 12.5 Å². The van der Waals surface area contributed by atoms with E-state index in [1.165, 1.54) is 0 Å². The molecular formula is C14H27F3N2O. The second-order valence-corrected chi connectivity index (χ2v) is 6.14. The van der Waals surface area contributed by atoms with Crippen LogP contribution in [0.1, 0.15) is 33.1 Å². The van der Waals surface area contributed by atoms with Gasteiger partial charge in [0, 0.05) is 19.6 Å².